The van der Waals surface area contributed by atoms with E-state index in [1.165, 1.54) is 0 Å². The lowest BCUT2D eigenvalue weighted by Gasteiger charge is -2.10. The Morgan fingerprint density at radius 3 is 3.07 bits per heavy atom. The number of hydrogen-bond donors (Lipinski definition) is 1. The summed E-state index contributed by atoms with van der Waals surface area (Å²) < 4.78 is 18.0. The smallest absolute Gasteiger partial charge is 0.256 e. The van der Waals surface area contributed by atoms with Crippen molar-refractivity contribution in [2.75, 3.05) is 19.9 Å². The Hall–Kier alpha value is -3.13. The van der Waals surface area contributed by atoms with Gasteiger partial charge in [-0.15, -0.1) is 0 Å². The molecule has 1 unspecified atom stereocenters. The Morgan fingerprint density at radius 2 is 2.19 bits per heavy atom. The van der Waals surface area contributed by atoms with Crippen molar-refractivity contribution in [1.82, 2.24) is 19.9 Å². The highest BCUT2D eigenvalue weighted by molar-refractivity contribution is 5.99. The molecule has 0 saturated carbocycles. The summed E-state index contributed by atoms with van der Waals surface area (Å²) in [4.78, 5) is 16.9. The van der Waals surface area contributed by atoms with E-state index in [2.05, 4.69) is 15.4 Å². The molecule has 8 heteroatoms. The van der Waals surface area contributed by atoms with Gasteiger partial charge in [0.2, 0.25) is 6.79 Å². The van der Waals surface area contributed by atoms with Crippen molar-refractivity contribution in [2.24, 2.45) is 0 Å². The molecular weight excluding hydrogens is 348 g/mol. The quantitative estimate of drug-likeness (QED) is 0.760. The van der Waals surface area contributed by atoms with Crippen LogP contribution in [0, 0.1) is 0 Å². The SMILES string of the molecule is O=C(NCC1CCCO1)c1cnn2c(-c3ccc4c(c3)OCO4)ccnc12. The Kier molecular flexibility index (Phi) is 3.90. The molecule has 0 bridgehead atoms. The maximum absolute atomic E-state index is 12.6. The summed E-state index contributed by atoms with van der Waals surface area (Å²) >= 11 is 0. The van der Waals surface area contributed by atoms with Crippen LogP contribution in [0.4, 0.5) is 0 Å². The number of ether oxygens (including phenoxy) is 3. The van der Waals surface area contributed by atoms with Crippen molar-refractivity contribution in [2.45, 2.75) is 18.9 Å². The van der Waals surface area contributed by atoms with Crippen LogP contribution in [-0.2, 0) is 4.74 Å². The van der Waals surface area contributed by atoms with Gasteiger partial charge in [-0.1, -0.05) is 0 Å². The van der Waals surface area contributed by atoms with Crippen LogP contribution in [-0.4, -0.2) is 46.6 Å². The van der Waals surface area contributed by atoms with Gasteiger partial charge < -0.3 is 19.5 Å². The predicted molar refractivity (Wildman–Crippen MR) is 95.9 cm³/mol. The first kappa shape index (κ1) is 16.1. The zero-order valence-electron chi connectivity index (χ0n) is 14.6. The van der Waals surface area contributed by atoms with Gasteiger partial charge in [0.15, 0.2) is 17.1 Å². The number of fused-ring (bicyclic) bond motifs is 2. The third-order valence-electron chi connectivity index (χ3n) is 4.83. The second-order valence-corrected chi connectivity index (χ2v) is 6.54. The van der Waals surface area contributed by atoms with Crippen molar-refractivity contribution in [3.8, 4) is 22.8 Å². The molecule has 5 rings (SSSR count). The maximum atomic E-state index is 12.6. The van der Waals surface area contributed by atoms with E-state index in [4.69, 9.17) is 14.2 Å². The fraction of sp³-hybridized carbons (Fsp3) is 0.316. The number of aromatic nitrogens is 3. The first-order valence-corrected chi connectivity index (χ1v) is 8.92. The Morgan fingerprint density at radius 1 is 1.26 bits per heavy atom. The van der Waals surface area contributed by atoms with Gasteiger partial charge in [-0.3, -0.25) is 4.79 Å². The van der Waals surface area contributed by atoms with Crippen molar-refractivity contribution in [1.29, 1.82) is 0 Å². The molecule has 1 atom stereocenters. The molecular formula is C19H18N4O4. The summed E-state index contributed by atoms with van der Waals surface area (Å²) in [6.45, 7) is 1.48. The average molecular weight is 366 g/mol. The van der Waals surface area contributed by atoms with Crippen LogP contribution < -0.4 is 14.8 Å². The van der Waals surface area contributed by atoms with E-state index in [0.29, 0.717) is 23.5 Å². The molecule has 2 aliphatic heterocycles. The minimum Gasteiger partial charge on any atom is -0.454 e. The number of carbonyl (C=O) groups excluding carboxylic acids is 1. The van der Waals surface area contributed by atoms with E-state index in [1.54, 1.807) is 16.9 Å². The molecule has 8 nitrogen and oxygen atoms in total. The second-order valence-electron chi connectivity index (χ2n) is 6.54. The lowest BCUT2D eigenvalue weighted by atomic mass is 10.1. The van der Waals surface area contributed by atoms with Crippen LogP contribution in [0.5, 0.6) is 11.5 Å². The predicted octanol–water partition coefficient (Wildman–Crippen LogP) is 2.03. The topological polar surface area (TPSA) is 87.0 Å². The summed E-state index contributed by atoms with van der Waals surface area (Å²) in [5.74, 6) is 1.22. The molecule has 1 fully saturated rings. The van der Waals surface area contributed by atoms with Crippen LogP contribution in [0.1, 0.15) is 23.2 Å². The number of nitrogens with zero attached hydrogens (tertiary/aromatic N) is 3. The minimum absolute atomic E-state index is 0.0907. The highest BCUT2D eigenvalue weighted by Gasteiger charge is 2.21. The van der Waals surface area contributed by atoms with Gasteiger partial charge in [-0.25, -0.2) is 9.50 Å². The van der Waals surface area contributed by atoms with Gasteiger partial charge in [0.25, 0.3) is 5.91 Å². The van der Waals surface area contributed by atoms with Gasteiger partial charge in [0, 0.05) is 24.9 Å². The highest BCUT2D eigenvalue weighted by Crippen LogP contribution is 2.35. The molecule has 1 saturated heterocycles. The number of hydrogen-bond acceptors (Lipinski definition) is 6. The highest BCUT2D eigenvalue weighted by atomic mass is 16.7. The van der Waals surface area contributed by atoms with Crippen molar-refractivity contribution >= 4 is 11.6 Å². The summed E-state index contributed by atoms with van der Waals surface area (Å²) in [5, 5.41) is 7.30. The summed E-state index contributed by atoms with van der Waals surface area (Å²) in [6.07, 6.45) is 5.32. The summed E-state index contributed by atoms with van der Waals surface area (Å²) in [6, 6.07) is 7.55. The van der Waals surface area contributed by atoms with E-state index in [1.807, 2.05) is 24.3 Å². The molecule has 138 valence electrons. The Balaban J connectivity index is 1.45. The first-order chi connectivity index (χ1) is 13.3. The van der Waals surface area contributed by atoms with E-state index in [-0.39, 0.29) is 18.8 Å². The van der Waals surface area contributed by atoms with E-state index >= 15 is 0 Å². The van der Waals surface area contributed by atoms with Crippen molar-refractivity contribution in [3.63, 3.8) is 0 Å². The largest absolute Gasteiger partial charge is 0.454 e. The van der Waals surface area contributed by atoms with Gasteiger partial charge in [0.1, 0.15) is 5.56 Å². The fourth-order valence-corrected chi connectivity index (χ4v) is 3.43. The summed E-state index contributed by atoms with van der Waals surface area (Å²) in [5.41, 5.74) is 2.67. The molecule has 0 spiro atoms. The molecule has 3 aromatic rings. The van der Waals surface area contributed by atoms with Gasteiger partial charge in [-0.05, 0) is 37.1 Å². The molecule has 4 heterocycles. The standard InChI is InChI=1S/C19H18N4O4/c24-19(21-9-13-2-1-7-25-13)14-10-22-23-15(5-6-20-18(14)23)12-3-4-16-17(8-12)27-11-26-16/h3-6,8,10,13H,1-2,7,9,11H2,(H,21,24). The zero-order chi connectivity index (χ0) is 18.2. The van der Waals surface area contributed by atoms with Crippen molar-refractivity contribution in [3.05, 3.63) is 42.2 Å². The van der Waals surface area contributed by atoms with E-state index < -0.39 is 0 Å². The minimum atomic E-state index is -0.198. The number of rotatable bonds is 4. The lowest BCUT2D eigenvalue weighted by molar-refractivity contribution is 0.0859. The fourth-order valence-electron chi connectivity index (χ4n) is 3.43. The Bertz CT molecular complexity index is 1010. The number of carbonyl (C=O) groups is 1. The molecule has 1 aromatic carbocycles. The normalized spacial score (nSPS) is 18.1. The first-order valence-electron chi connectivity index (χ1n) is 8.92. The van der Waals surface area contributed by atoms with Crippen LogP contribution in [0.3, 0.4) is 0 Å². The van der Waals surface area contributed by atoms with Crippen LogP contribution in [0.2, 0.25) is 0 Å². The van der Waals surface area contributed by atoms with Gasteiger partial charge in [0.05, 0.1) is 18.0 Å². The Labute approximate surface area is 155 Å². The lowest BCUT2D eigenvalue weighted by Crippen LogP contribution is -2.31. The maximum Gasteiger partial charge on any atom is 0.256 e. The molecule has 1 amide bonds. The molecule has 0 aliphatic carbocycles. The monoisotopic (exact) mass is 366 g/mol. The number of nitrogens with one attached hydrogen (secondary N) is 1. The van der Waals surface area contributed by atoms with Gasteiger partial charge in [-0.2, -0.15) is 5.10 Å². The number of amides is 1. The molecule has 2 aliphatic rings. The molecule has 2 aromatic heterocycles. The molecule has 27 heavy (non-hydrogen) atoms. The summed E-state index contributed by atoms with van der Waals surface area (Å²) in [7, 11) is 0. The van der Waals surface area contributed by atoms with Crippen LogP contribution in [0.25, 0.3) is 16.9 Å². The average Bonchev–Trinajstić information content (AvgIpc) is 3.45. The third-order valence-corrected chi connectivity index (χ3v) is 4.83. The molecule has 0 radical (unpaired) electrons. The van der Waals surface area contributed by atoms with Crippen LogP contribution >= 0.6 is 0 Å². The van der Waals surface area contributed by atoms with Crippen molar-refractivity contribution < 1.29 is 19.0 Å². The van der Waals surface area contributed by atoms with Crippen LogP contribution in [0.15, 0.2) is 36.7 Å². The number of benzene rings is 1. The van der Waals surface area contributed by atoms with E-state index in [9.17, 15) is 4.79 Å². The second kappa shape index (κ2) is 6.55. The van der Waals surface area contributed by atoms with E-state index in [0.717, 1.165) is 36.5 Å². The third kappa shape index (κ3) is 2.87. The molecule has 1 N–H and O–H groups in total. The van der Waals surface area contributed by atoms with Gasteiger partial charge >= 0.3 is 0 Å². The zero-order valence-corrected chi connectivity index (χ0v) is 14.6.